The highest BCUT2D eigenvalue weighted by molar-refractivity contribution is 7.90. The number of halogens is 3. The molecule has 1 aliphatic rings. The Labute approximate surface area is 209 Å². The highest BCUT2D eigenvalue weighted by Gasteiger charge is 2.31. The van der Waals surface area contributed by atoms with Gasteiger partial charge >= 0.3 is 6.18 Å². The summed E-state index contributed by atoms with van der Waals surface area (Å²) in [5.41, 5.74) is 2.66. The number of aryl methyl sites for hydroxylation is 1. The summed E-state index contributed by atoms with van der Waals surface area (Å²) in [4.78, 5) is 22.6. The molecular weight excluding hydrogens is 509 g/mol. The van der Waals surface area contributed by atoms with Gasteiger partial charge in [0, 0.05) is 44.1 Å². The molecule has 37 heavy (non-hydrogen) atoms. The summed E-state index contributed by atoms with van der Waals surface area (Å²) in [6.07, 6.45) is 5.93. The Morgan fingerprint density at radius 3 is 2.43 bits per heavy atom. The first-order valence-corrected chi connectivity index (χ1v) is 13.0. The Morgan fingerprint density at radius 2 is 1.81 bits per heavy atom. The molecule has 0 spiro atoms. The standard InChI is InChI=1S/C23H21F3N8O2S/c1-14-17(3-4-19(31-14)37(2,35)36)32-20-21-28-13-18(34(21)10-7-27-20)15-5-8-33(9-6-15)22-29-11-16(12-30-22)23(24,25)26/h3-5,7,10-13H,6,8-9H2,1-2H3,(H,27,32). The molecule has 4 aromatic rings. The minimum Gasteiger partial charge on any atom is -0.337 e. The van der Waals surface area contributed by atoms with Crippen LogP contribution >= 0.6 is 0 Å². The van der Waals surface area contributed by atoms with E-state index in [0.717, 1.165) is 29.9 Å². The van der Waals surface area contributed by atoms with E-state index in [0.29, 0.717) is 42.4 Å². The third kappa shape index (κ3) is 4.96. The number of alkyl halides is 3. The average Bonchev–Trinajstić information content (AvgIpc) is 3.29. The Bertz CT molecular complexity index is 1620. The molecule has 0 aliphatic carbocycles. The molecule has 192 valence electrons. The van der Waals surface area contributed by atoms with E-state index in [1.54, 1.807) is 36.5 Å². The molecule has 0 bridgehead atoms. The quantitative estimate of drug-likeness (QED) is 0.412. The predicted octanol–water partition coefficient (Wildman–Crippen LogP) is 3.68. The summed E-state index contributed by atoms with van der Waals surface area (Å²) in [6, 6.07) is 3.07. The summed E-state index contributed by atoms with van der Waals surface area (Å²) >= 11 is 0. The smallest absolute Gasteiger partial charge is 0.337 e. The van der Waals surface area contributed by atoms with Crippen LogP contribution in [0.15, 0.2) is 54.2 Å². The van der Waals surface area contributed by atoms with Crippen molar-refractivity contribution in [2.75, 3.05) is 29.6 Å². The fraction of sp³-hybridized carbons (Fsp3) is 0.261. The molecule has 0 fully saturated rings. The number of anilines is 3. The maximum atomic E-state index is 12.8. The van der Waals surface area contributed by atoms with Crippen LogP contribution in [0.2, 0.25) is 0 Å². The normalized spacial score (nSPS) is 14.6. The number of aromatic nitrogens is 6. The molecule has 0 saturated heterocycles. The Kier molecular flexibility index (Phi) is 6.06. The van der Waals surface area contributed by atoms with E-state index in [2.05, 4.69) is 30.2 Å². The third-order valence-electron chi connectivity index (χ3n) is 5.91. The van der Waals surface area contributed by atoms with Crippen LogP contribution in [-0.2, 0) is 16.0 Å². The van der Waals surface area contributed by atoms with Gasteiger partial charge in [0.2, 0.25) is 5.95 Å². The van der Waals surface area contributed by atoms with Gasteiger partial charge in [0.25, 0.3) is 0 Å². The second-order valence-electron chi connectivity index (χ2n) is 8.49. The molecule has 4 aromatic heterocycles. The van der Waals surface area contributed by atoms with Gasteiger partial charge in [-0.1, -0.05) is 6.08 Å². The highest BCUT2D eigenvalue weighted by atomic mass is 32.2. The van der Waals surface area contributed by atoms with Gasteiger partial charge in [-0.15, -0.1) is 0 Å². The van der Waals surface area contributed by atoms with Crippen molar-refractivity contribution in [3.05, 3.63) is 66.1 Å². The third-order valence-corrected chi connectivity index (χ3v) is 6.89. The van der Waals surface area contributed by atoms with Crippen molar-refractivity contribution in [3.8, 4) is 0 Å². The molecule has 5 rings (SSSR count). The van der Waals surface area contributed by atoms with Gasteiger partial charge in [-0.25, -0.2) is 33.3 Å². The minimum absolute atomic E-state index is 0.00945. The lowest BCUT2D eigenvalue weighted by atomic mass is 10.1. The molecule has 1 N–H and O–H groups in total. The van der Waals surface area contributed by atoms with Crippen LogP contribution in [0.5, 0.6) is 0 Å². The van der Waals surface area contributed by atoms with Crippen LogP contribution in [0.4, 0.5) is 30.6 Å². The molecule has 0 unspecified atom stereocenters. The number of sulfone groups is 1. The zero-order valence-corrected chi connectivity index (χ0v) is 20.5. The maximum Gasteiger partial charge on any atom is 0.419 e. The van der Waals surface area contributed by atoms with Gasteiger partial charge in [0.15, 0.2) is 26.3 Å². The molecule has 0 radical (unpaired) electrons. The summed E-state index contributed by atoms with van der Waals surface area (Å²) in [5, 5.41) is 3.17. The van der Waals surface area contributed by atoms with Crippen LogP contribution in [-0.4, -0.2) is 57.1 Å². The fourth-order valence-corrected chi connectivity index (χ4v) is 4.58. The number of hydrogen-bond acceptors (Lipinski definition) is 9. The molecule has 0 saturated carbocycles. The average molecular weight is 531 g/mol. The lowest BCUT2D eigenvalue weighted by Gasteiger charge is -2.26. The molecular formula is C23H21F3N8O2S. The van der Waals surface area contributed by atoms with Gasteiger partial charge in [-0.05, 0) is 31.1 Å². The van der Waals surface area contributed by atoms with E-state index in [9.17, 15) is 21.6 Å². The van der Waals surface area contributed by atoms with Gasteiger partial charge in [-0.2, -0.15) is 13.2 Å². The van der Waals surface area contributed by atoms with Crippen molar-refractivity contribution in [2.45, 2.75) is 24.5 Å². The monoisotopic (exact) mass is 530 g/mol. The van der Waals surface area contributed by atoms with Gasteiger partial charge in [0.05, 0.1) is 28.8 Å². The Balaban J connectivity index is 1.37. The van der Waals surface area contributed by atoms with Crippen LogP contribution in [0.3, 0.4) is 0 Å². The molecule has 0 atom stereocenters. The number of imidazole rings is 1. The molecule has 0 aromatic carbocycles. The molecule has 10 nitrogen and oxygen atoms in total. The van der Waals surface area contributed by atoms with Crippen LogP contribution in [0.1, 0.15) is 23.4 Å². The number of fused-ring (bicyclic) bond motifs is 1. The predicted molar refractivity (Wildman–Crippen MR) is 130 cm³/mol. The summed E-state index contributed by atoms with van der Waals surface area (Å²) in [5.74, 6) is 0.713. The number of nitrogens with zero attached hydrogens (tertiary/aromatic N) is 7. The van der Waals surface area contributed by atoms with Crippen molar-refractivity contribution in [1.29, 1.82) is 0 Å². The highest BCUT2D eigenvalue weighted by Crippen LogP contribution is 2.30. The number of nitrogens with one attached hydrogen (secondary N) is 1. The van der Waals surface area contributed by atoms with E-state index in [-0.39, 0.29) is 11.0 Å². The summed E-state index contributed by atoms with van der Waals surface area (Å²) in [6.45, 7) is 2.66. The molecule has 0 amide bonds. The number of rotatable bonds is 5. The van der Waals surface area contributed by atoms with Crippen molar-refractivity contribution < 1.29 is 21.6 Å². The fourth-order valence-electron chi connectivity index (χ4n) is 3.96. The molecule has 14 heteroatoms. The first kappa shape index (κ1) is 24.6. The maximum absolute atomic E-state index is 12.8. The van der Waals surface area contributed by atoms with Crippen molar-refractivity contribution in [3.63, 3.8) is 0 Å². The van der Waals surface area contributed by atoms with E-state index < -0.39 is 21.6 Å². The Morgan fingerprint density at radius 1 is 1.05 bits per heavy atom. The van der Waals surface area contributed by atoms with E-state index in [1.807, 2.05) is 10.5 Å². The SMILES string of the molecule is Cc1nc(S(C)(=O)=O)ccc1Nc1nccn2c(C3=CCN(c4ncc(C(F)(F)F)cn4)CC3)cnc12. The van der Waals surface area contributed by atoms with Crippen LogP contribution in [0, 0.1) is 6.92 Å². The molecule has 5 heterocycles. The first-order valence-electron chi connectivity index (χ1n) is 11.1. The lowest BCUT2D eigenvalue weighted by Crippen LogP contribution is -2.30. The van der Waals surface area contributed by atoms with Gasteiger partial charge < -0.3 is 10.2 Å². The summed E-state index contributed by atoms with van der Waals surface area (Å²) < 4.78 is 63.8. The largest absolute Gasteiger partial charge is 0.419 e. The first-order chi connectivity index (χ1) is 17.5. The van der Waals surface area contributed by atoms with Gasteiger partial charge in [0.1, 0.15) is 0 Å². The number of hydrogen-bond donors (Lipinski definition) is 1. The minimum atomic E-state index is -4.48. The second kappa shape index (κ2) is 9.10. The van der Waals surface area contributed by atoms with Crippen molar-refractivity contribution in [2.24, 2.45) is 0 Å². The zero-order chi connectivity index (χ0) is 26.4. The van der Waals surface area contributed by atoms with E-state index >= 15 is 0 Å². The Hall–Kier alpha value is -4.07. The van der Waals surface area contributed by atoms with Crippen molar-refractivity contribution >= 4 is 38.5 Å². The zero-order valence-electron chi connectivity index (χ0n) is 19.7. The molecule has 1 aliphatic heterocycles. The number of pyridine rings is 1. The second-order valence-corrected chi connectivity index (χ2v) is 10.5. The van der Waals surface area contributed by atoms with E-state index in [4.69, 9.17) is 0 Å². The topological polar surface area (TPSA) is 118 Å². The lowest BCUT2D eigenvalue weighted by molar-refractivity contribution is -0.138. The van der Waals surface area contributed by atoms with E-state index in [1.165, 1.54) is 6.07 Å². The summed E-state index contributed by atoms with van der Waals surface area (Å²) in [7, 11) is -3.42. The van der Waals surface area contributed by atoms with Crippen molar-refractivity contribution in [1.82, 2.24) is 29.3 Å². The van der Waals surface area contributed by atoms with Crippen LogP contribution < -0.4 is 10.2 Å². The van der Waals surface area contributed by atoms with Crippen LogP contribution in [0.25, 0.3) is 11.2 Å². The van der Waals surface area contributed by atoms with Gasteiger partial charge in [-0.3, -0.25) is 4.40 Å².